The molecule has 2 aliphatic rings. The summed E-state index contributed by atoms with van der Waals surface area (Å²) in [4.78, 5) is 51.0. The largest absolute Gasteiger partial charge is 0.361 e. The average molecular weight is 524 g/mol. The maximum Gasteiger partial charge on any atom is 0.268 e. The fourth-order valence-electron chi connectivity index (χ4n) is 5.98. The number of fused-ring (bicyclic) bond motifs is 4. The van der Waals surface area contributed by atoms with Gasteiger partial charge in [0.2, 0.25) is 5.91 Å². The van der Waals surface area contributed by atoms with Crippen molar-refractivity contribution in [3.63, 3.8) is 0 Å². The van der Waals surface area contributed by atoms with Gasteiger partial charge in [-0.15, -0.1) is 0 Å². The molecule has 3 unspecified atom stereocenters. The van der Waals surface area contributed by atoms with Crippen LogP contribution in [0, 0.1) is 5.41 Å². The molecule has 0 aliphatic carbocycles. The normalized spacial score (nSPS) is 19.6. The lowest BCUT2D eigenvalue weighted by molar-refractivity contribution is -0.137. The van der Waals surface area contributed by atoms with E-state index in [1.165, 1.54) is 0 Å². The van der Waals surface area contributed by atoms with Gasteiger partial charge in [0.1, 0.15) is 11.7 Å². The molecule has 6 rings (SSSR count). The fourth-order valence-corrected chi connectivity index (χ4v) is 5.98. The van der Waals surface area contributed by atoms with Gasteiger partial charge in [0.25, 0.3) is 11.8 Å². The van der Waals surface area contributed by atoms with E-state index in [1.54, 1.807) is 6.07 Å². The molecule has 3 atom stereocenters. The Morgan fingerprint density at radius 3 is 2.44 bits per heavy atom. The second-order valence-corrected chi connectivity index (χ2v) is 11.4. The van der Waals surface area contributed by atoms with E-state index in [1.807, 2.05) is 85.3 Å². The van der Waals surface area contributed by atoms with Gasteiger partial charge in [-0.2, -0.15) is 0 Å². The molecule has 0 radical (unpaired) electrons. The van der Waals surface area contributed by atoms with Crippen LogP contribution in [-0.4, -0.2) is 68.7 Å². The molecule has 8 nitrogen and oxygen atoms in total. The lowest BCUT2D eigenvalue weighted by Crippen LogP contribution is -2.60. The predicted octanol–water partition coefficient (Wildman–Crippen LogP) is 4.48. The first-order valence-corrected chi connectivity index (χ1v) is 13.4. The number of benzene rings is 2. The summed E-state index contributed by atoms with van der Waals surface area (Å²) in [7, 11) is 0. The molecule has 4 heterocycles. The summed E-state index contributed by atoms with van der Waals surface area (Å²) in [6, 6.07) is 16.2. The van der Waals surface area contributed by atoms with Crippen molar-refractivity contribution < 1.29 is 14.4 Å². The van der Waals surface area contributed by atoms with Crippen molar-refractivity contribution >= 4 is 39.5 Å². The summed E-state index contributed by atoms with van der Waals surface area (Å²) in [6.07, 6.45) is 2.57. The Morgan fingerprint density at radius 2 is 1.72 bits per heavy atom. The highest BCUT2D eigenvalue weighted by atomic mass is 16.2. The van der Waals surface area contributed by atoms with Crippen molar-refractivity contribution in [2.75, 3.05) is 13.1 Å². The molecule has 3 amide bonds. The van der Waals surface area contributed by atoms with Gasteiger partial charge in [0.15, 0.2) is 0 Å². The molecule has 0 saturated carbocycles. The van der Waals surface area contributed by atoms with E-state index in [0.717, 1.165) is 33.8 Å². The number of nitrogens with one attached hydrogen (secondary N) is 3. The van der Waals surface area contributed by atoms with Crippen LogP contribution < -0.4 is 5.32 Å². The summed E-state index contributed by atoms with van der Waals surface area (Å²) in [6.45, 7) is 10.8. The molecule has 2 fully saturated rings. The van der Waals surface area contributed by atoms with Crippen LogP contribution in [0.25, 0.3) is 21.8 Å². The number of rotatable bonds is 6. The first-order valence-electron chi connectivity index (χ1n) is 13.4. The summed E-state index contributed by atoms with van der Waals surface area (Å²) >= 11 is 0. The minimum absolute atomic E-state index is 0.00858. The topological polar surface area (TPSA) is 101 Å². The minimum Gasteiger partial charge on any atom is -0.361 e. The number of hydrogen-bond acceptors (Lipinski definition) is 3. The van der Waals surface area contributed by atoms with E-state index in [9.17, 15) is 14.4 Å². The zero-order valence-corrected chi connectivity index (χ0v) is 22.5. The van der Waals surface area contributed by atoms with Crippen LogP contribution in [0.1, 0.15) is 48.0 Å². The highest BCUT2D eigenvalue weighted by molar-refractivity contribution is 6.07. The van der Waals surface area contributed by atoms with Gasteiger partial charge in [-0.05, 0) is 43.7 Å². The lowest BCUT2D eigenvalue weighted by atomic mass is 9.77. The Labute approximate surface area is 227 Å². The molecule has 8 heteroatoms. The molecule has 2 aromatic heterocycles. The molecular weight excluding hydrogens is 490 g/mol. The Kier molecular flexibility index (Phi) is 5.86. The summed E-state index contributed by atoms with van der Waals surface area (Å²) in [5.74, 6) is -0.481. The SMILES string of the molecule is C=C(C)C(C)(C)C(NC(=O)c1cc2ccccc2[nH]1)C(=O)N1CC2CC1CN2C(=O)c1cccc2[nH]ccc12. The van der Waals surface area contributed by atoms with E-state index in [-0.39, 0.29) is 29.8 Å². The zero-order chi connectivity index (χ0) is 27.5. The van der Waals surface area contributed by atoms with Crippen LogP contribution in [0.5, 0.6) is 0 Å². The third kappa shape index (κ3) is 4.11. The maximum atomic E-state index is 14.1. The van der Waals surface area contributed by atoms with Crippen molar-refractivity contribution in [1.82, 2.24) is 25.1 Å². The number of aromatic amines is 2. The molecule has 3 N–H and O–H groups in total. The van der Waals surface area contributed by atoms with Crippen LogP contribution in [0.4, 0.5) is 0 Å². The molecular formula is C31H33N5O3. The van der Waals surface area contributed by atoms with E-state index < -0.39 is 11.5 Å². The van der Waals surface area contributed by atoms with Crippen molar-refractivity contribution in [3.05, 3.63) is 84.2 Å². The Bertz CT molecular complexity index is 1600. The monoisotopic (exact) mass is 523 g/mol. The first-order chi connectivity index (χ1) is 18.6. The van der Waals surface area contributed by atoms with Crippen molar-refractivity contribution in [2.24, 2.45) is 5.41 Å². The second-order valence-electron chi connectivity index (χ2n) is 11.4. The number of nitrogens with zero attached hydrogens (tertiary/aromatic N) is 2. The summed E-state index contributed by atoms with van der Waals surface area (Å²) < 4.78 is 0. The number of carbonyl (C=O) groups excluding carboxylic acids is 3. The molecule has 2 aliphatic heterocycles. The van der Waals surface area contributed by atoms with Gasteiger partial charge in [-0.3, -0.25) is 14.4 Å². The van der Waals surface area contributed by atoms with Crippen LogP contribution in [0.2, 0.25) is 0 Å². The lowest BCUT2D eigenvalue weighted by Gasteiger charge is -2.40. The molecule has 2 aromatic carbocycles. The van der Waals surface area contributed by atoms with E-state index in [0.29, 0.717) is 24.3 Å². The Morgan fingerprint density at radius 1 is 1.00 bits per heavy atom. The minimum atomic E-state index is -0.800. The number of para-hydroxylation sites is 1. The van der Waals surface area contributed by atoms with Gasteiger partial charge in [0, 0.05) is 52.1 Å². The van der Waals surface area contributed by atoms with E-state index in [2.05, 4.69) is 21.9 Å². The van der Waals surface area contributed by atoms with Gasteiger partial charge in [-0.25, -0.2) is 0 Å². The first kappa shape index (κ1) is 25.0. The van der Waals surface area contributed by atoms with Crippen molar-refractivity contribution in [2.45, 2.75) is 45.3 Å². The number of likely N-dealkylation sites (tertiary alicyclic amines) is 2. The zero-order valence-electron chi connectivity index (χ0n) is 22.5. The maximum absolute atomic E-state index is 14.1. The van der Waals surface area contributed by atoms with Crippen LogP contribution in [0.15, 0.2) is 72.9 Å². The van der Waals surface area contributed by atoms with Crippen LogP contribution >= 0.6 is 0 Å². The van der Waals surface area contributed by atoms with Gasteiger partial charge in [0.05, 0.1) is 12.1 Å². The van der Waals surface area contributed by atoms with Gasteiger partial charge in [-0.1, -0.05) is 50.3 Å². The number of amides is 3. The third-order valence-corrected chi connectivity index (χ3v) is 8.73. The quantitative estimate of drug-likeness (QED) is 0.325. The third-order valence-electron chi connectivity index (χ3n) is 8.73. The van der Waals surface area contributed by atoms with Crippen LogP contribution in [0.3, 0.4) is 0 Å². The average Bonchev–Trinajstić information content (AvgIpc) is 3.72. The summed E-state index contributed by atoms with van der Waals surface area (Å²) in [5.41, 5.74) is 2.99. The Balaban J connectivity index is 1.22. The predicted molar refractivity (Wildman–Crippen MR) is 151 cm³/mol. The second kappa shape index (κ2) is 9.15. The van der Waals surface area contributed by atoms with Gasteiger partial charge < -0.3 is 25.1 Å². The number of H-pyrrole nitrogens is 2. The highest BCUT2D eigenvalue weighted by Crippen LogP contribution is 2.37. The molecule has 2 bridgehead atoms. The number of carbonyl (C=O) groups is 3. The van der Waals surface area contributed by atoms with Crippen molar-refractivity contribution in [3.8, 4) is 0 Å². The van der Waals surface area contributed by atoms with Crippen molar-refractivity contribution in [1.29, 1.82) is 0 Å². The molecule has 4 aromatic rings. The highest BCUT2D eigenvalue weighted by Gasteiger charge is 2.50. The number of aromatic nitrogens is 2. The molecule has 39 heavy (non-hydrogen) atoms. The molecule has 2 saturated heterocycles. The fraction of sp³-hybridized carbons (Fsp3) is 0.323. The van der Waals surface area contributed by atoms with Gasteiger partial charge >= 0.3 is 0 Å². The smallest absolute Gasteiger partial charge is 0.268 e. The number of hydrogen-bond donors (Lipinski definition) is 3. The number of piperazine rings is 1. The standard InChI is InChI=1S/C31H33N5O3/c1-18(2)31(3,4)27(34-28(37)26-14-19-8-5-6-10-24(19)33-26)30(39)36-17-20-15-21(36)16-35(20)29(38)23-9-7-11-25-22(23)12-13-32-25/h5-14,20-21,27,32-33H,1,15-17H2,2-4H3,(H,34,37). The molecule has 0 spiro atoms. The van der Waals surface area contributed by atoms with E-state index >= 15 is 0 Å². The molecule has 200 valence electrons. The Hall–Kier alpha value is -4.33. The van der Waals surface area contributed by atoms with E-state index in [4.69, 9.17) is 0 Å². The van der Waals surface area contributed by atoms with Crippen LogP contribution in [-0.2, 0) is 4.79 Å². The summed E-state index contributed by atoms with van der Waals surface area (Å²) in [5, 5.41) is 4.86.